The predicted molar refractivity (Wildman–Crippen MR) is 248 cm³/mol. The molecule has 0 atom stereocenters. The maximum Gasteiger partial charge on any atom is 1.00 e. The van der Waals surface area contributed by atoms with Crippen molar-refractivity contribution >= 4 is 46.9 Å². The monoisotopic (exact) mass is 793 g/mol. The fourth-order valence-corrected chi connectivity index (χ4v) is 5.30. The zero-order chi connectivity index (χ0) is 38.1. The number of hydrogen-bond donors (Lipinski definition) is 1. The van der Waals surface area contributed by atoms with Gasteiger partial charge in [-0.05, 0) is 96.8 Å². The summed E-state index contributed by atoms with van der Waals surface area (Å²) in [6.45, 7) is 8.88. The minimum Gasteiger partial charge on any atom is -1.00 e. The van der Waals surface area contributed by atoms with E-state index in [9.17, 15) is 4.79 Å². The maximum absolute atomic E-state index is 11.1. The minimum atomic E-state index is -0.124. The number of carbonyl (C=O) groups is 1. The molecule has 0 unspecified atom stereocenters. The van der Waals surface area contributed by atoms with Crippen molar-refractivity contribution in [1.82, 2.24) is 0 Å². The Morgan fingerprint density at radius 2 is 0.926 bits per heavy atom. The second-order valence-corrected chi connectivity index (χ2v) is 13.7. The number of aliphatic hydroxyl groups is 1. The second-order valence-electron chi connectivity index (χ2n) is 11.5. The Hall–Kier alpha value is -1.38. The first-order chi connectivity index (χ1) is 25.7. The molecule has 302 valence electrons. The number of aliphatic hydroxyl groups excluding tert-OH is 1. The Kier molecular flexibility index (Phi) is 64.1. The Morgan fingerprint density at radius 3 is 1.26 bits per heavy atom. The summed E-state index contributed by atoms with van der Waals surface area (Å²) < 4.78 is 9.81. The molecule has 0 aromatic rings. The van der Waals surface area contributed by atoms with Gasteiger partial charge in [-0.25, -0.2) is 0 Å². The zero-order valence-corrected chi connectivity index (χ0v) is 35.7. The molecule has 0 saturated carbocycles. The van der Waals surface area contributed by atoms with Crippen LogP contribution in [-0.2, 0) is 14.3 Å². The largest absolute Gasteiger partial charge is 1.00 e. The molecule has 1 aliphatic rings. The molecule has 8 heteroatoms. The average molecular weight is 793 g/mol. The third kappa shape index (κ3) is 59.9. The number of allylic oxidation sites excluding steroid dienone is 18. The molecule has 0 aromatic heterocycles. The van der Waals surface area contributed by atoms with Gasteiger partial charge in [0, 0.05) is 30.5 Å². The summed E-state index contributed by atoms with van der Waals surface area (Å²) in [6, 6.07) is 0. The van der Waals surface area contributed by atoms with E-state index in [0.29, 0.717) is 12.4 Å². The van der Waals surface area contributed by atoms with Gasteiger partial charge in [-0.2, -0.15) is 11.8 Å². The first-order valence-electron chi connectivity index (χ1n) is 19.7. The van der Waals surface area contributed by atoms with Crippen LogP contribution in [0.15, 0.2) is 122 Å². The summed E-state index contributed by atoms with van der Waals surface area (Å²) in [5, 5.41) is 8.64. The van der Waals surface area contributed by atoms with Crippen molar-refractivity contribution in [2.75, 3.05) is 49.4 Å². The predicted octanol–water partition coefficient (Wildman–Crippen LogP) is 9.01. The van der Waals surface area contributed by atoms with Crippen molar-refractivity contribution in [3.05, 3.63) is 122 Å². The summed E-state index contributed by atoms with van der Waals surface area (Å²) >= 11 is 3.36. The molecule has 1 rings (SSSR count). The van der Waals surface area contributed by atoms with Crippen molar-refractivity contribution in [2.45, 2.75) is 111 Å². The molecule has 0 radical (unpaired) electrons. The maximum atomic E-state index is 11.1. The topological polar surface area (TPSA) is 55.8 Å². The van der Waals surface area contributed by atoms with Crippen LogP contribution in [0, 0.1) is 0 Å². The van der Waals surface area contributed by atoms with E-state index in [1.54, 1.807) is 23.5 Å². The number of esters is 1. The minimum absolute atomic E-state index is 0. The van der Waals surface area contributed by atoms with Crippen LogP contribution >= 0.6 is 23.5 Å². The molecule has 1 heterocycles. The fraction of sp³-hybridized carbons (Fsp3) is 0.543. The molecule has 0 bridgehead atoms. The summed E-state index contributed by atoms with van der Waals surface area (Å²) in [4.78, 5) is 11.1. The van der Waals surface area contributed by atoms with E-state index in [4.69, 9.17) is 14.6 Å². The fourth-order valence-electron chi connectivity index (χ4n) is 4.09. The molecule has 1 fully saturated rings. The van der Waals surface area contributed by atoms with Gasteiger partial charge in [-0.1, -0.05) is 135 Å². The van der Waals surface area contributed by atoms with Crippen LogP contribution in [-0.4, -0.2) is 77.9 Å². The molecule has 54 heavy (non-hydrogen) atoms. The van der Waals surface area contributed by atoms with E-state index < -0.39 is 0 Å². The number of rotatable bonds is 29. The van der Waals surface area contributed by atoms with E-state index in [0.717, 1.165) is 108 Å². The molecule has 0 aromatic carbocycles. The number of hydrogen-bond acceptors (Lipinski definition) is 6. The van der Waals surface area contributed by atoms with Crippen LogP contribution in [0.3, 0.4) is 0 Å². The van der Waals surface area contributed by atoms with Crippen molar-refractivity contribution in [3.63, 3.8) is 0 Å². The van der Waals surface area contributed by atoms with Crippen LogP contribution in [0.25, 0.3) is 0 Å². The van der Waals surface area contributed by atoms with Crippen molar-refractivity contribution < 1.29 is 39.7 Å². The van der Waals surface area contributed by atoms with Crippen LogP contribution in [0.5, 0.6) is 0 Å². The van der Waals surface area contributed by atoms with Crippen LogP contribution in [0.1, 0.15) is 112 Å². The normalized spacial score (nSPS) is 13.3. The zero-order valence-electron chi connectivity index (χ0n) is 35.1. The van der Waals surface area contributed by atoms with Crippen molar-refractivity contribution in [2.24, 2.45) is 0 Å². The number of thioether (sulfide) groups is 2. The average Bonchev–Trinajstić information content (AvgIpc) is 3.75. The molecule has 1 saturated heterocycles. The van der Waals surface area contributed by atoms with E-state index in [1.807, 2.05) is 6.92 Å². The van der Waals surface area contributed by atoms with Crippen LogP contribution in [0.2, 0.25) is 0 Å². The van der Waals surface area contributed by atoms with E-state index in [2.05, 4.69) is 135 Å². The molecular formula is C46H78AlLiO4S2. The number of ether oxygens (including phenoxy) is 2. The van der Waals surface area contributed by atoms with Gasteiger partial charge >= 0.3 is 24.8 Å². The van der Waals surface area contributed by atoms with Crippen LogP contribution < -0.4 is 18.9 Å². The summed E-state index contributed by atoms with van der Waals surface area (Å²) in [5.74, 6) is 3.03. The summed E-state index contributed by atoms with van der Waals surface area (Å²) in [7, 11) is 0. The molecule has 0 aliphatic carbocycles. The van der Waals surface area contributed by atoms with Crippen molar-refractivity contribution in [1.29, 1.82) is 0 Å². The van der Waals surface area contributed by atoms with Gasteiger partial charge in [0.15, 0.2) is 17.4 Å². The quantitative estimate of drug-likeness (QED) is 0.0354. The van der Waals surface area contributed by atoms with E-state index >= 15 is 0 Å². The Morgan fingerprint density at radius 1 is 0.574 bits per heavy atom. The van der Waals surface area contributed by atoms with Gasteiger partial charge in [-0.3, -0.25) is 4.79 Å². The smallest absolute Gasteiger partial charge is 1.00 e. The molecule has 0 amide bonds. The molecule has 1 aliphatic heterocycles. The first-order valence-corrected chi connectivity index (χ1v) is 22.0. The SMILES string of the molecule is C1CCOC1.CC/C=C\C/C=C\C/C=C\C/C=C\CC/C=C/CSCC(=O)OCC.CC/C=C\C/C=C\C/C=C\C/C=C\CC/C=C/CSCCO.[AlH3].[H-].[Li+]. The Balaban J connectivity index is -0.000000256. The number of carbonyl (C=O) groups excluding carboxylic acids is 1. The summed E-state index contributed by atoms with van der Waals surface area (Å²) in [6.07, 6.45) is 59.5. The van der Waals surface area contributed by atoms with Gasteiger partial charge in [0.2, 0.25) is 0 Å². The Bertz CT molecular complexity index is 1040. The second kappa shape index (κ2) is 58.3. The van der Waals surface area contributed by atoms with E-state index in [-0.39, 0.29) is 50.2 Å². The molecule has 1 N–H and O–H groups in total. The van der Waals surface area contributed by atoms with Crippen LogP contribution in [0.4, 0.5) is 0 Å². The van der Waals surface area contributed by atoms with Gasteiger partial charge in [0.05, 0.1) is 19.0 Å². The first kappa shape index (κ1) is 59.3. The van der Waals surface area contributed by atoms with Gasteiger partial charge in [0.1, 0.15) is 0 Å². The standard InChI is InChI=1S/C22H34O2S.C20H32OS.C4H8O.Al.Li.4H/c1-3-5-6-7-8-9-10-11-12-13-14-15-16-17-18-19-20-25-21-22(23)24-4-2;1-2-3-4-5-6-7-8-9-10-11-12-13-14-15-16-17-19-22-20-18-21;1-2-4-5-3-1;;;;;;/h5-6,8-9,11-12,14-15,18-19H,3-4,7,10,13,16-17,20-21H2,1-2H3;3-4,6-7,9-10,12-13,16-17,21H,2,5,8,11,14-15,18-20H2,1H3;1-4H2;;;;;;/q;;;;+1;;;;-1/b6-5-,9-8-,12-11-,15-14-,19-18+;4-3-,7-6-,10-9-,13-12-,17-16+;;;;;;;. The molecular weight excluding hydrogens is 715 g/mol. The van der Waals surface area contributed by atoms with Gasteiger partial charge in [-0.15, -0.1) is 11.8 Å². The molecule has 4 nitrogen and oxygen atoms in total. The van der Waals surface area contributed by atoms with Crippen molar-refractivity contribution in [3.8, 4) is 0 Å². The summed E-state index contributed by atoms with van der Waals surface area (Å²) in [5.41, 5.74) is 0. The van der Waals surface area contributed by atoms with Gasteiger partial charge in [0.25, 0.3) is 0 Å². The Labute approximate surface area is 365 Å². The number of unbranched alkanes of at least 4 members (excludes halogenated alkanes) is 2. The molecule has 0 spiro atoms. The van der Waals surface area contributed by atoms with E-state index in [1.165, 1.54) is 12.8 Å². The third-order valence-corrected chi connectivity index (χ3v) is 8.55. The van der Waals surface area contributed by atoms with Gasteiger partial charge < -0.3 is 16.0 Å². The third-order valence-electron chi connectivity index (χ3n) is 6.79.